The van der Waals surface area contributed by atoms with E-state index in [4.69, 9.17) is 0 Å². The summed E-state index contributed by atoms with van der Waals surface area (Å²) in [4.78, 5) is 0.339. The van der Waals surface area contributed by atoms with Crippen molar-refractivity contribution in [3.05, 3.63) is 35.4 Å². The van der Waals surface area contributed by atoms with Crippen LogP contribution in [0.4, 0.5) is 13.2 Å². The fourth-order valence-electron chi connectivity index (χ4n) is 2.69. The highest BCUT2D eigenvalue weighted by Gasteiger charge is 2.35. The largest absolute Gasteiger partial charge is 0.416 e. The van der Waals surface area contributed by atoms with Crippen molar-refractivity contribution in [2.75, 3.05) is 0 Å². The number of alkyl halides is 4. The molecule has 1 saturated carbocycles. The van der Waals surface area contributed by atoms with Crippen molar-refractivity contribution in [3.8, 4) is 0 Å². The quantitative estimate of drug-likeness (QED) is 0.472. The Balaban J connectivity index is 2.32. The Hall–Kier alpha value is -0.510. The zero-order valence-electron chi connectivity index (χ0n) is 10.0. The van der Waals surface area contributed by atoms with E-state index < -0.39 is 11.7 Å². The minimum absolute atomic E-state index is 0.0229. The van der Waals surface area contributed by atoms with Crippen LogP contribution in [0.25, 0.3) is 0 Å². The third kappa shape index (κ3) is 3.28. The van der Waals surface area contributed by atoms with Gasteiger partial charge in [-0.05, 0) is 36.8 Å². The highest BCUT2D eigenvalue weighted by atomic mass is 79.9. The van der Waals surface area contributed by atoms with E-state index in [9.17, 15) is 13.2 Å². The number of rotatable bonds is 1. The molecule has 0 nitrogen and oxygen atoms in total. The zero-order valence-corrected chi connectivity index (χ0v) is 11.6. The summed E-state index contributed by atoms with van der Waals surface area (Å²) in [5.41, 5.74) is 0.00736. The van der Waals surface area contributed by atoms with E-state index in [-0.39, 0.29) is 5.92 Å². The van der Waals surface area contributed by atoms with E-state index in [0.717, 1.165) is 32.1 Å². The van der Waals surface area contributed by atoms with E-state index in [1.165, 1.54) is 12.1 Å². The van der Waals surface area contributed by atoms with E-state index in [0.29, 0.717) is 10.4 Å². The monoisotopic (exact) mass is 320 g/mol. The van der Waals surface area contributed by atoms with Gasteiger partial charge in [0.05, 0.1) is 5.56 Å². The maximum absolute atomic E-state index is 13.0. The summed E-state index contributed by atoms with van der Waals surface area (Å²) >= 11 is 3.57. The maximum Gasteiger partial charge on any atom is 0.416 e. The van der Waals surface area contributed by atoms with Crippen molar-refractivity contribution in [1.29, 1.82) is 0 Å². The number of hydrogen-bond donors (Lipinski definition) is 0. The van der Waals surface area contributed by atoms with Gasteiger partial charge in [-0.3, -0.25) is 0 Å². The van der Waals surface area contributed by atoms with Gasteiger partial charge in [-0.25, -0.2) is 0 Å². The molecule has 0 saturated heterocycles. The minimum Gasteiger partial charge on any atom is -0.166 e. The Bertz CT molecular complexity index is 400. The van der Waals surface area contributed by atoms with Crippen LogP contribution in [-0.2, 0) is 6.18 Å². The molecule has 0 spiro atoms. The van der Waals surface area contributed by atoms with Crippen molar-refractivity contribution in [3.63, 3.8) is 0 Å². The molecule has 1 fully saturated rings. The Kier molecular flexibility index (Phi) is 4.36. The second-order valence-electron chi connectivity index (χ2n) is 4.90. The Morgan fingerprint density at radius 3 is 2.44 bits per heavy atom. The van der Waals surface area contributed by atoms with Crippen LogP contribution >= 0.6 is 15.9 Å². The molecule has 1 aromatic rings. The fraction of sp³-hybridized carbons (Fsp3) is 0.571. The standard InChI is InChI=1S/C14H16BrF3/c15-11-6-2-1-5-10(9-11)12-7-3-4-8-13(12)14(16,17)18/h3-4,7-8,10-11H,1-2,5-6,9H2. The van der Waals surface area contributed by atoms with Crippen LogP contribution in [0.15, 0.2) is 24.3 Å². The molecule has 1 aliphatic carbocycles. The third-order valence-electron chi connectivity index (χ3n) is 3.57. The molecule has 0 amide bonds. The molecule has 0 aliphatic heterocycles. The van der Waals surface area contributed by atoms with Gasteiger partial charge in [-0.15, -0.1) is 0 Å². The molecule has 1 aromatic carbocycles. The summed E-state index contributed by atoms with van der Waals surface area (Å²) in [6.07, 6.45) is 0.581. The SMILES string of the molecule is FC(F)(F)c1ccccc1C1CCCCC(Br)C1. The van der Waals surface area contributed by atoms with E-state index in [1.54, 1.807) is 12.1 Å². The molecule has 0 aromatic heterocycles. The van der Waals surface area contributed by atoms with Crippen molar-refractivity contribution in [2.45, 2.75) is 49.0 Å². The Labute approximate surface area is 114 Å². The number of hydrogen-bond acceptors (Lipinski definition) is 0. The van der Waals surface area contributed by atoms with Crippen LogP contribution < -0.4 is 0 Å². The van der Waals surface area contributed by atoms with Crippen LogP contribution in [0, 0.1) is 0 Å². The van der Waals surface area contributed by atoms with Crippen LogP contribution in [0.3, 0.4) is 0 Å². The Morgan fingerprint density at radius 2 is 1.72 bits per heavy atom. The molecule has 18 heavy (non-hydrogen) atoms. The van der Waals surface area contributed by atoms with Gasteiger partial charge in [0.25, 0.3) is 0 Å². The van der Waals surface area contributed by atoms with Gasteiger partial charge >= 0.3 is 6.18 Å². The lowest BCUT2D eigenvalue weighted by molar-refractivity contribution is -0.138. The molecule has 2 atom stereocenters. The van der Waals surface area contributed by atoms with E-state index >= 15 is 0 Å². The van der Waals surface area contributed by atoms with Gasteiger partial charge in [0.15, 0.2) is 0 Å². The molecule has 1 aliphatic rings. The summed E-state index contributed by atoms with van der Waals surface area (Å²) in [7, 11) is 0. The first-order valence-electron chi connectivity index (χ1n) is 6.28. The molecule has 2 rings (SSSR count). The van der Waals surface area contributed by atoms with Crippen molar-refractivity contribution in [2.24, 2.45) is 0 Å². The topological polar surface area (TPSA) is 0 Å². The van der Waals surface area contributed by atoms with Crippen molar-refractivity contribution < 1.29 is 13.2 Å². The maximum atomic E-state index is 13.0. The highest BCUT2D eigenvalue weighted by Crippen LogP contribution is 2.41. The molecular formula is C14H16BrF3. The van der Waals surface area contributed by atoms with Crippen LogP contribution in [-0.4, -0.2) is 4.83 Å². The van der Waals surface area contributed by atoms with Gasteiger partial charge < -0.3 is 0 Å². The average molecular weight is 321 g/mol. The zero-order chi connectivity index (χ0) is 13.2. The smallest absolute Gasteiger partial charge is 0.166 e. The lowest BCUT2D eigenvalue weighted by atomic mass is 9.88. The van der Waals surface area contributed by atoms with Gasteiger partial charge in [-0.1, -0.05) is 47.0 Å². The predicted molar refractivity (Wildman–Crippen MR) is 70.0 cm³/mol. The lowest BCUT2D eigenvalue weighted by Gasteiger charge is -2.21. The van der Waals surface area contributed by atoms with Crippen molar-refractivity contribution in [1.82, 2.24) is 0 Å². The van der Waals surface area contributed by atoms with Crippen LogP contribution in [0.5, 0.6) is 0 Å². The third-order valence-corrected chi connectivity index (χ3v) is 4.40. The predicted octanol–water partition coefficient (Wildman–Crippen LogP) is 5.52. The van der Waals surface area contributed by atoms with Crippen LogP contribution in [0.2, 0.25) is 0 Å². The van der Waals surface area contributed by atoms with E-state index in [1.807, 2.05) is 0 Å². The molecule has 0 bridgehead atoms. The van der Waals surface area contributed by atoms with E-state index in [2.05, 4.69) is 15.9 Å². The number of benzene rings is 1. The second kappa shape index (κ2) is 5.64. The first-order valence-corrected chi connectivity index (χ1v) is 7.20. The first kappa shape index (κ1) is 13.9. The molecule has 0 radical (unpaired) electrons. The van der Waals surface area contributed by atoms with Gasteiger partial charge in [0, 0.05) is 4.83 Å². The van der Waals surface area contributed by atoms with Gasteiger partial charge in [0.1, 0.15) is 0 Å². The summed E-state index contributed by atoms with van der Waals surface area (Å²) in [5.74, 6) is 0.0229. The van der Waals surface area contributed by atoms with Gasteiger partial charge in [0.2, 0.25) is 0 Å². The minimum atomic E-state index is -4.25. The summed E-state index contributed by atoms with van der Waals surface area (Å²) in [6, 6.07) is 6.01. The van der Waals surface area contributed by atoms with Crippen molar-refractivity contribution >= 4 is 15.9 Å². The normalized spacial score (nSPS) is 25.8. The first-order chi connectivity index (χ1) is 8.48. The Morgan fingerprint density at radius 1 is 1.06 bits per heavy atom. The summed E-state index contributed by atoms with van der Waals surface area (Å²) in [6.45, 7) is 0. The van der Waals surface area contributed by atoms with Crippen LogP contribution in [0.1, 0.15) is 49.1 Å². The second-order valence-corrected chi connectivity index (χ2v) is 6.19. The molecule has 0 N–H and O–H groups in total. The molecule has 100 valence electrons. The summed E-state index contributed by atoms with van der Waals surface area (Å²) in [5, 5.41) is 0. The average Bonchev–Trinajstić information content (AvgIpc) is 2.53. The molecular weight excluding hydrogens is 305 g/mol. The summed E-state index contributed by atoms with van der Waals surface area (Å²) < 4.78 is 39.0. The number of halogens is 4. The lowest BCUT2D eigenvalue weighted by Crippen LogP contribution is -2.13. The fourth-order valence-corrected chi connectivity index (χ4v) is 3.47. The molecule has 4 heteroatoms. The molecule has 0 heterocycles. The highest BCUT2D eigenvalue weighted by molar-refractivity contribution is 9.09. The van der Waals surface area contributed by atoms with Gasteiger partial charge in [-0.2, -0.15) is 13.2 Å². The molecule has 2 unspecified atom stereocenters.